The number of rotatable bonds is 72. The Morgan fingerprint density at radius 1 is 0.378 bits per heavy atom. The molecule has 9 unspecified atom stereocenters. The SMILES string of the molecule is CCCCCCCCCCCCCCCCCCCC/C=C\CCCCCCCCCCCCCCCCCCC(O)C(=O)NC(COC1OC(CO)C(O)C(O)C1O)C(O)C(O)CCCCCCCCCCCCCCCCCCCCCCCCCCC. The summed E-state index contributed by atoms with van der Waals surface area (Å²) < 4.78 is 11.2. The van der Waals surface area contributed by atoms with E-state index < -0.39 is 74.2 Å². The number of carbonyl (C=O) groups is 1. The van der Waals surface area contributed by atoms with E-state index in [0.29, 0.717) is 19.3 Å². The zero-order valence-corrected chi connectivity index (χ0v) is 59.7. The van der Waals surface area contributed by atoms with Crippen molar-refractivity contribution >= 4 is 5.91 Å². The molecule has 0 radical (unpaired) electrons. The third-order valence-electron chi connectivity index (χ3n) is 19.8. The Morgan fingerprint density at radius 3 is 0.933 bits per heavy atom. The van der Waals surface area contributed by atoms with E-state index in [2.05, 4.69) is 31.3 Å². The molecule has 1 rings (SSSR count). The number of unbranched alkanes of at least 4 members (excludes halogenated alkanes) is 58. The summed E-state index contributed by atoms with van der Waals surface area (Å²) >= 11 is 0. The van der Waals surface area contributed by atoms with Gasteiger partial charge in [0.15, 0.2) is 6.29 Å². The van der Waals surface area contributed by atoms with Crippen LogP contribution >= 0.6 is 0 Å². The molecule has 11 heteroatoms. The molecule has 11 nitrogen and oxygen atoms in total. The van der Waals surface area contributed by atoms with E-state index >= 15 is 0 Å². The predicted octanol–water partition coefficient (Wildman–Crippen LogP) is 20.5. The molecule has 9 atom stereocenters. The van der Waals surface area contributed by atoms with Crippen molar-refractivity contribution < 1.29 is 50.0 Å². The highest BCUT2D eigenvalue weighted by Crippen LogP contribution is 2.25. The number of aliphatic hydroxyl groups is 7. The number of aliphatic hydroxyl groups excluding tert-OH is 7. The van der Waals surface area contributed by atoms with Gasteiger partial charge in [-0.25, -0.2) is 0 Å². The van der Waals surface area contributed by atoms with E-state index in [0.717, 1.165) is 38.5 Å². The van der Waals surface area contributed by atoms with Crippen LogP contribution in [0.2, 0.25) is 0 Å². The van der Waals surface area contributed by atoms with E-state index in [1.807, 2.05) is 0 Å². The maximum Gasteiger partial charge on any atom is 0.249 e. The second kappa shape index (κ2) is 67.8. The summed E-state index contributed by atoms with van der Waals surface area (Å²) in [5.41, 5.74) is 0. The minimum absolute atomic E-state index is 0.265. The topological polar surface area (TPSA) is 189 Å². The largest absolute Gasteiger partial charge is 0.394 e. The summed E-state index contributed by atoms with van der Waals surface area (Å²) in [6.45, 7) is 3.54. The van der Waals surface area contributed by atoms with Crippen LogP contribution in [0, 0.1) is 0 Å². The smallest absolute Gasteiger partial charge is 0.249 e. The van der Waals surface area contributed by atoms with Gasteiger partial charge in [-0.3, -0.25) is 4.79 Å². The van der Waals surface area contributed by atoms with Gasteiger partial charge in [0, 0.05) is 0 Å². The second-order valence-corrected chi connectivity index (χ2v) is 28.5. The number of allylic oxidation sites excluding steroid dienone is 2. The molecule has 0 spiro atoms. The fourth-order valence-electron chi connectivity index (χ4n) is 13.4. The molecule has 0 aromatic carbocycles. The first-order chi connectivity index (χ1) is 44.2. The van der Waals surface area contributed by atoms with Crippen LogP contribution in [-0.4, -0.2) is 110 Å². The highest BCUT2D eigenvalue weighted by atomic mass is 16.7. The molecule has 536 valence electrons. The highest BCUT2D eigenvalue weighted by Gasteiger charge is 2.44. The van der Waals surface area contributed by atoms with Gasteiger partial charge in [0.2, 0.25) is 5.91 Å². The fourth-order valence-corrected chi connectivity index (χ4v) is 13.4. The van der Waals surface area contributed by atoms with Crippen LogP contribution in [0.25, 0.3) is 0 Å². The maximum absolute atomic E-state index is 13.3. The summed E-state index contributed by atoms with van der Waals surface area (Å²) in [6, 6.07) is -1.17. The van der Waals surface area contributed by atoms with Gasteiger partial charge in [-0.2, -0.15) is 0 Å². The van der Waals surface area contributed by atoms with E-state index in [4.69, 9.17) is 9.47 Å². The maximum atomic E-state index is 13.3. The molecule has 1 aliphatic heterocycles. The number of nitrogens with one attached hydrogen (secondary N) is 1. The standard InChI is InChI=1S/C79H155NO10/c1-3-5-7-9-11-13-15-17-19-21-23-25-27-29-30-31-32-33-34-35-36-37-38-39-40-41-43-45-47-49-51-53-55-57-59-61-63-65-67-72(83)78(88)80-70(69-89-79-77(87)76(86)75(85)73(68-81)90-79)74(84)71(82)66-64-62-60-58-56-54-52-50-48-46-44-42-28-26-24-22-20-18-16-14-12-10-8-6-4-2/h35-36,70-77,79,81-87H,3-34,37-69H2,1-2H3,(H,80,88)/b36-35-. The average molecular weight is 1280 g/mol. The number of hydrogen-bond acceptors (Lipinski definition) is 10. The molecule has 90 heavy (non-hydrogen) atoms. The minimum Gasteiger partial charge on any atom is -0.394 e. The van der Waals surface area contributed by atoms with Crippen LogP contribution in [0.5, 0.6) is 0 Å². The molecule has 0 aliphatic carbocycles. The number of ether oxygens (including phenoxy) is 2. The van der Waals surface area contributed by atoms with Crippen LogP contribution in [0.1, 0.15) is 418 Å². The first kappa shape index (κ1) is 86.9. The van der Waals surface area contributed by atoms with Crippen LogP contribution in [0.4, 0.5) is 0 Å². The highest BCUT2D eigenvalue weighted by molar-refractivity contribution is 5.80. The molecule has 1 fully saturated rings. The normalized spacial score (nSPS) is 18.4. The van der Waals surface area contributed by atoms with Crippen molar-refractivity contribution in [3.05, 3.63) is 12.2 Å². The zero-order valence-electron chi connectivity index (χ0n) is 59.7. The van der Waals surface area contributed by atoms with Gasteiger partial charge >= 0.3 is 0 Å². The van der Waals surface area contributed by atoms with Crippen molar-refractivity contribution in [1.29, 1.82) is 0 Å². The molecular formula is C79H155NO10. The van der Waals surface area contributed by atoms with Crippen LogP contribution in [-0.2, 0) is 14.3 Å². The Bertz CT molecular complexity index is 1470. The van der Waals surface area contributed by atoms with Gasteiger partial charge in [-0.05, 0) is 38.5 Å². The summed E-state index contributed by atoms with van der Waals surface area (Å²) in [6.07, 6.45) is 74.7. The molecule has 8 N–H and O–H groups in total. The molecule has 1 aliphatic rings. The lowest BCUT2D eigenvalue weighted by molar-refractivity contribution is -0.303. The lowest BCUT2D eigenvalue weighted by atomic mass is 9.98. The van der Waals surface area contributed by atoms with Crippen molar-refractivity contribution in [3.8, 4) is 0 Å². The molecule has 0 bridgehead atoms. The van der Waals surface area contributed by atoms with Crippen LogP contribution in [0.15, 0.2) is 12.2 Å². The monoisotopic (exact) mass is 1280 g/mol. The first-order valence-electron chi connectivity index (χ1n) is 40.1. The molecular weight excluding hydrogens is 1120 g/mol. The minimum atomic E-state index is -1.66. The Balaban J connectivity index is 2.10. The van der Waals surface area contributed by atoms with E-state index in [9.17, 15) is 40.5 Å². The number of amides is 1. The molecule has 0 saturated carbocycles. The van der Waals surface area contributed by atoms with Crippen molar-refractivity contribution in [2.45, 2.75) is 473 Å². The van der Waals surface area contributed by atoms with Gasteiger partial charge in [0.1, 0.15) is 36.6 Å². The van der Waals surface area contributed by atoms with E-state index in [1.54, 1.807) is 0 Å². The van der Waals surface area contributed by atoms with Crippen LogP contribution < -0.4 is 5.32 Å². The molecule has 1 heterocycles. The number of carbonyl (C=O) groups excluding carboxylic acids is 1. The second-order valence-electron chi connectivity index (χ2n) is 28.5. The van der Waals surface area contributed by atoms with Crippen LogP contribution in [0.3, 0.4) is 0 Å². The van der Waals surface area contributed by atoms with Crippen molar-refractivity contribution in [3.63, 3.8) is 0 Å². The van der Waals surface area contributed by atoms with Gasteiger partial charge in [-0.15, -0.1) is 0 Å². The predicted molar refractivity (Wildman–Crippen MR) is 381 cm³/mol. The Morgan fingerprint density at radius 2 is 0.644 bits per heavy atom. The molecule has 1 amide bonds. The fraction of sp³-hybridized carbons (Fsp3) is 0.962. The van der Waals surface area contributed by atoms with Gasteiger partial charge in [0.25, 0.3) is 0 Å². The zero-order chi connectivity index (χ0) is 65.3. The Kier molecular flexibility index (Phi) is 65.5. The summed E-state index contributed by atoms with van der Waals surface area (Å²) in [4.78, 5) is 13.3. The quantitative estimate of drug-likeness (QED) is 0.0215. The Hall–Kier alpha value is -1.15. The lowest BCUT2D eigenvalue weighted by Crippen LogP contribution is -2.60. The van der Waals surface area contributed by atoms with Crippen molar-refractivity contribution in [1.82, 2.24) is 5.32 Å². The third-order valence-corrected chi connectivity index (χ3v) is 19.8. The third kappa shape index (κ3) is 54.0. The van der Waals surface area contributed by atoms with E-state index in [1.165, 1.54) is 340 Å². The van der Waals surface area contributed by atoms with Gasteiger partial charge in [0.05, 0.1) is 25.4 Å². The molecule has 0 aromatic rings. The summed E-state index contributed by atoms with van der Waals surface area (Å²) in [7, 11) is 0. The van der Waals surface area contributed by atoms with Gasteiger partial charge < -0.3 is 50.5 Å². The first-order valence-corrected chi connectivity index (χ1v) is 40.1. The molecule has 0 aromatic heterocycles. The van der Waals surface area contributed by atoms with Crippen molar-refractivity contribution in [2.75, 3.05) is 13.2 Å². The van der Waals surface area contributed by atoms with Gasteiger partial charge in [-0.1, -0.05) is 392 Å². The average Bonchev–Trinajstić information content (AvgIpc) is 1.69. The summed E-state index contributed by atoms with van der Waals surface area (Å²) in [5.74, 6) is -0.687. The molecule has 1 saturated heterocycles. The van der Waals surface area contributed by atoms with E-state index in [-0.39, 0.29) is 6.42 Å². The summed E-state index contributed by atoms with van der Waals surface area (Å²) in [5, 5.41) is 76.7. The van der Waals surface area contributed by atoms with Crippen molar-refractivity contribution in [2.24, 2.45) is 0 Å². The lowest BCUT2D eigenvalue weighted by Gasteiger charge is -2.40. The number of hydrogen-bond donors (Lipinski definition) is 8. The Labute approximate surface area is 557 Å².